The van der Waals surface area contributed by atoms with Crippen molar-refractivity contribution in [3.05, 3.63) is 59.0 Å². The summed E-state index contributed by atoms with van der Waals surface area (Å²) in [4.78, 5) is 14.8. The van der Waals surface area contributed by atoms with E-state index in [1.807, 2.05) is 36.4 Å². The number of benzene rings is 2. The minimum absolute atomic E-state index is 0.139. The molecule has 1 atom stereocenters. The Bertz CT molecular complexity index is 1400. The third kappa shape index (κ3) is 3.25. The molecule has 0 spiro atoms. The number of para-hydroxylation sites is 1. The number of thiophene rings is 1. The number of aromatic carboxylic acids is 1. The van der Waals surface area contributed by atoms with Crippen LogP contribution in [0.5, 0.6) is 5.75 Å². The number of fused-ring (bicyclic) bond motifs is 4. The number of rotatable bonds is 3. The smallest absolute Gasteiger partial charge is 0.345 e. The molecule has 0 unspecified atom stereocenters. The molecule has 7 nitrogen and oxygen atoms in total. The molecule has 1 aromatic heterocycles. The SMILES string of the molecule is CN1[C@H](C2CCC2)CN(c2ccccc2)c2cc3c(cc2S1(=O)=O)-c1sc(C(=O)O)cc1CO3. The van der Waals surface area contributed by atoms with E-state index >= 15 is 0 Å². The number of ether oxygens (including phenoxy) is 1. The molecule has 1 N–H and O–H groups in total. The maximum Gasteiger partial charge on any atom is 0.345 e. The zero-order valence-electron chi connectivity index (χ0n) is 18.6. The monoisotopic (exact) mass is 496 g/mol. The number of hydrogen-bond donors (Lipinski definition) is 1. The molecule has 3 aromatic rings. The van der Waals surface area contributed by atoms with Crippen LogP contribution in [0, 0.1) is 5.92 Å². The summed E-state index contributed by atoms with van der Waals surface area (Å²) in [5.74, 6) is -0.0965. The van der Waals surface area contributed by atoms with E-state index in [1.54, 1.807) is 23.5 Å². The number of carboxylic acid groups (broad SMARTS) is 1. The zero-order valence-corrected chi connectivity index (χ0v) is 20.2. The molecule has 176 valence electrons. The molecule has 1 fully saturated rings. The van der Waals surface area contributed by atoms with Gasteiger partial charge in [-0.05, 0) is 43.0 Å². The summed E-state index contributed by atoms with van der Waals surface area (Å²) in [7, 11) is -2.10. The number of carbonyl (C=O) groups is 1. The standard InChI is InChI=1S/C25H24N2O5S2/c1-26-20(15-6-5-7-15)13-27(17-8-3-2-4-9-17)19-12-21-18(11-23(19)34(26,30)31)24-16(14-32-21)10-22(33-24)25(28)29/h2-4,8-12,15,20H,5-7,13-14H2,1H3,(H,28,29)/t20-/m0/s1. The topological polar surface area (TPSA) is 87.2 Å². The van der Waals surface area contributed by atoms with Gasteiger partial charge in [-0.2, -0.15) is 4.31 Å². The number of hydrogen-bond acceptors (Lipinski definition) is 6. The highest BCUT2D eigenvalue weighted by molar-refractivity contribution is 7.89. The van der Waals surface area contributed by atoms with Crippen LogP contribution in [-0.4, -0.2) is 43.4 Å². The van der Waals surface area contributed by atoms with Crippen LogP contribution in [-0.2, 0) is 16.6 Å². The molecular formula is C25H24N2O5S2. The molecule has 0 amide bonds. The largest absolute Gasteiger partial charge is 0.488 e. The zero-order chi connectivity index (χ0) is 23.6. The van der Waals surface area contributed by atoms with Crippen LogP contribution in [0.2, 0.25) is 0 Å². The predicted molar refractivity (Wildman–Crippen MR) is 131 cm³/mol. The lowest BCUT2D eigenvalue weighted by atomic mass is 9.79. The van der Waals surface area contributed by atoms with E-state index < -0.39 is 16.0 Å². The van der Waals surface area contributed by atoms with Gasteiger partial charge in [0, 0.05) is 47.4 Å². The lowest BCUT2D eigenvalue weighted by Gasteiger charge is -2.39. The second-order valence-corrected chi connectivity index (χ2v) is 12.1. The Kier molecular flexibility index (Phi) is 4.98. The van der Waals surface area contributed by atoms with E-state index in [-0.39, 0.29) is 22.4 Å². The molecule has 2 aliphatic heterocycles. The highest BCUT2D eigenvalue weighted by atomic mass is 32.2. The summed E-state index contributed by atoms with van der Waals surface area (Å²) in [6.07, 6.45) is 3.18. The highest BCUT2D eigenvalue weighted by Gasteiger charge is 2.43. The summed E-state index contributed by atoms with van der Waals surface area (Å²) >= 11 is 1.16. The van der Waals surface area contributed by atoms with Gasteiger partial charge < -0.3 is 14.7 Å². The van der Waals surface area contributed by atoms with Gasteiger partial charge in [0.1, 0.15) is 22.1 Å². The van der Waals surface area contributed by atoms with Gasteiger partial charge in [-0.3, -0.25) is 0 Å². The molecule has 9 heteroatoms. The van der Waals surface area contributed by atoms with Crippen LogP contribution >= 0.6 is 11.3 Å². The minimum Gasteiger partial charge on any atom is -0.488 e. The van der Waals surface area contributed by atoms with Crippen molar-refractivity contribution in [2.45, 2.75) is 36.8 Å². The molecule has 34 heavy (non-hydrogen) atoms. The Morgan fingerprint density at radius 1 is 1.15 bits per heavy atom. The third-order valence-corrected chi connectivity index (χ3v) is 10.4. The molecule has 1 aliphatic carbocycles. The predicted octanol–water partition coefficient (Wildman–Crippen LogP) is 4.95. The van der Waals surface area contributed by atoms with Crippen molar-refractivity contribution in [2.24, 2.45) is 5.92 Å². The molecule has 2 aromatic carbocycles. The third-order valence-electron chi connectivity index (χ3n) is 7.26. The fourth-order valence-corrected chi connectivity index (χ4v) is 7.78. The Balaban J connectivity index is 1.57. The van der Waals surface area contributed by atoms with Crippen molar-refractivity contribution in [3.63, 3.8) is 0 Å². The first-order valence-corrected chi connectivity index (χ1v) is 13.6. The maximum absolute atomic E-state index is 13.9. The normalized spacial score (nSPS) is 21.4. The van der Waals surface area contributed by atoms with Crippen molar-refractivity contribution < 1.29 is 23.1 Å². The van der Waals surface area contributed by atoms with E-state index in [9.17, 15) is 18.3 Å². The van der Waals surface area contributed by atoms with Crippen molar-refractivity contribution in [1.29, 1.82) is 0 Å². The summed E-state index contributed by atoms with van der Waals surface area (Å²) in [6.45, 7) is 0.817. The molecule has 0 saturated heterocycles. The van der Waals surface area contributed by atoms with Gasteiger partial charge in [0.25, 0.3) is 0 Å². The van der Waals surface area contributed by atoms with Crippen LogP contribution in [0.4, 0.5) is 11.4 Å². The van der Waals surface area contributed by atoms with E-state index in [2.05, 4.69) is 4.90 Å². The highest BCUT2D eigenvalue weighted by Crippen LogP contribution is 2.49. The van der Waals surface area contributed by atoms with Crippen LogP contribution in [0.15, 0.2) is 53.4 Å². The first-order valence-electron chi connectivity index (χ1n) is 11.3. The van der Waals surface area contributed by atoms with Gasteiger partial charge in [-0.15, -0.1) is 11.3 Å². The number of anilines is 2. The quantitative estimate of drug-likeness (QED) is 0.552. The van der Waals surface area contributed by atoms with Gasteiger partial charge in [-0.25, -0.2) is 13.2 Å². The number of likely N-dealkylation sites (N-methyl/N-ethyl adjacent to an activating group) is 1. The van der Waals surface area contributed by atoms with Crippen molar-refractivity contribution in [2.75, 3.05) is 18.5 Å². The average molecular weight is 497 g/mol. The van der Waals surface area contributed by atoms with Crippen molar-refractivity contribution in [1.82, 2.24) is 4.31 Å². The average Bonchev–Trinajstić information content (AvgIpc) is 3.22. The van der Waals surface area contributed by atoms with E-state index in [1.165, 1.54) is 0 Å². The molecule has 3 aliphatic rings. The van der Waals surface area contributed by atoms with Crippen molar-refractivity contribution in [3.8, 4) is 16.2 Å². The second kappa shape index (κ2) is 7.83. The Labute approximate surface area is 202 Å². The summed E-state index contributed by atoms with van der Waals surface area (Å²) < 4.78 is 35.4. The minimum atomic E-state index is -3.79. The number of sulfonamides is 1. The molecule has 1 saturated carbocycles. The molecule has 0 radical (unpaired) electrons. The fraction of sp³-hybridized carbons (Fsp3) is 0.320. The fourth-order valence-electron chi connectivity index (χ4n) is 5.15. The van der Waals surface area contributed by atoms with Gasteiger partial charge in [0.05, 0.1) is 5.69 Å². The van der Waals surface area contributed by atoms with Gasteiger partial charge >= 0.3 is 5.97 Å². The van der Waals surface area contributed by atoms with Crippen LogP contribution in [0.1, 0.15) is 34.5 Å². The first-order chi connectivity index (χ1) is 16.3. The van der Waals surface area contributed by atoms with Gasteiger partial charge in [-0.1, -0.05) is 24.6 Å². The summed E-state index contributed by atoms with van der Waals surface area (Å²) in [5.41, 5.74) is 2.92. The van der Waals surface area contributed by atoms with Crippen molar-refractivity contribution >= 4 is 38.7 Å². The second-order valence-electron chi connectivity index (χ2n) is 9.10. The van der Waals surface area contributed by atoms with E-state index in [4.69, 9.17) is 4.74 Å². The summed E-state index contributed by atoms with van der Waals surface area (Å²) in [5, 5.41) is 9.46. The van der Waals surface area contributed by atoms with Gasteiger partial charge in [0.15, 0.2) is 0 Å². The van der Waals surface area contributed by atoms with Crippen LogP contribution in [0.3, 0.4) is 0 Å². The van der Waals surface area contributed by atoms with Gasteiger partial charge in [0.2, 0.25) is 10.0 Å². The lowest BCUT2D eigenvalue weighted by molar-refractivity contribution is 0.0702. The molecule has 3 heterocycles. The molecule has 0 bridgehead atoms. The molecular weight excluding hydrogens is 472 g/mol. The Hall–Kier alpha value is -2.88. The van der Waals surface area contributed by atoms with Crippen LogP contribution in [0.25, 0.3) is 10.4 Å². The molecule has 6 rings (SSSR count). The Morgan fingerprint density at radius 3 is 2.59 bits per heavy atom. The van der Waals surface area contributed by atoms with E-state index in [0.29, 0.717) is 29.5 Å². The number of nitrogens with zero attached hydrogens (tertiary/aromatic N) is 2. The number of carboxylic acids is 1. The first kappa shape index (κ1) is 21.6. The van der Waals surface area contributed by atoms with Crippen LogP contribution < -0.4 is 9.64 Å². The summed E-state index contributed by atoms with van der Waals surface area (Å²) in [6, 6.07) is 14.8. The maximum atomic E-state index is 13.9. The lowest BCUT2D eigenvalue weighted by Crippen LogP contribution is -2.47. The Morgan fingerprint density at radius 2 is 1.91 bits per heavy atom. The van der Waals surface area contributed by atoms with E-state index in [0.717, 1.165) is 46.7 Å².